The molecule has 1 aliphatic rings. The van der Waals surface area contributed by atoms with Crippen molar-refractivity contribution in [1.29, 1.82) is 0 Å². The van der Waals surface area contributed by atoms with Crippen molar-refractivity contribution in [3.05, 3.63) is 0 Å². The van der Waals surface area contributed by atoms with Crippen LogP contribution in [0.4, 0.5) is 0 Å². The molecule has 0 amide bonds. The standard InChI is InChI=1S/C14H29BO2/c1-7-8-9-10-12(2)11-15-16-13(3,4)14(5,6)17-15/h12H,7-11H2,1-6H3. The summed E-state index contributed by atoms with van der Waals surface area (Å²) in [4.78, 5) is 0. The van der Waals surface area contributed by atoms with E-state index in [-0.39, 0.29) is 18.3 Å². The van der Waals surface area contributed by atoms with Crippen molar-refractivity contribution in [3.8, 4) is 0 Å². The Bertz CT molecular complexity index is 222. The van der Waals surface area contributed by atoms with Crippen LogP contribution < -0.4 is 0 Å². The zero-order valence-electron chi connectivity index (χ0n) is 12.5. The van der Waals surface area contributed by atoms with Gasteiger partial charge in [0.05, 0.1) is 11.2 Å². The summed E-state index contributed by atoms with van der Waals surface area (Å²) in [5.74, 6) is 0.691. The van der Waals surface area contributed by atoms with Gasteiger partial charge >= 0.3 is 7.12 Å². The van der Waals surface area contributed by atoms with Crippen LogP contribution in [0.5, 0.6) is 0 Å². The van der Waals surface area contributed by atoms with E-state index in [1.165, 1.54) is 25.7 Å². The van der Waals surface area contributed by atoms with Gasteiger partial charge in [0.1, 0.15) is 0 Å². The lowest BCUT2D eigenvalue weighted by Gasteiger charge is -2.32. The first-order chi connectivity index (χ1) is 7.78. The zero-order chi connectivity index (χ0) is 13.1. The van der Waals surface area contributed by atoms with Gasteiger partial charge in [0.2, 0.25) is 0 Å². The van der Waals surface area contributed by atoms with Gasteiger partial charge < -0.3 is 9.31 Å². The third kappa shape index (κ3) is 3.99. The van der Waals surface area contributed by atoms with E-state index in [1.54, 1.807) is 0 Å². The first kappa shape index (κ1) is 15.0. The van der Waals surface area contributed by atoms with Gasteiger partial charge in [-0.3, -0.25) is 0 Å². The number of hydrogen-bond donors (Lipinski definition) is 0. The lowest BCUT2D eigenvalue weighted by molar-refractivity contribution is 0.00578. The third-order valence-electron chi connectivity index (χ3n) is 4.20. The van der Waals surface area contributed by atoms with E-state index in [0.29, 0.717) is 5.92 Å². The van der Waals surface area contributed by atoms with Crippen molar-refractivity contribution in [1.82, 2.24) is 0 Å². The SMILES string of the molecule is CCCCCC(C)CB1OC(C)(C)C(C)(C)O1. The molecule has 0 N–H and O–H groups in total. The van der Waals surface area contributed by atoms with Crippen molar-refractivity contribution in [2.24, 2.45) is 5.92 Å². The molecule has 3 heteroatoms. The highest BCUT2D eigenvalue weighted by Crippen LogP contribution is 2.38. The highest BCUT2D eigenvalue weighted by Gasteiger charge is 2.50. The predicted octanol–water partition coefficient (Wildman–Crippen LogP) is 4.30. The highest BCUT2D eigenvalue weighted by molar-refractivity contribution is 6.45. The van der Waals surface area contributed by atoms with Crippen LogP contribution in [0.1, 0.15) is 67.2 Å². The molecule has 0 bridgehead atoms. The van der Waals surface area contributed by atoms with Gasteiger partial charge in [0.25, 0.3) is 0 Å². The summed E-state index contributed by atoms with van der Waals surface area (Å²) in [6.45, 7) is 13.0. The molecule has 2 nitrogen and oxygen atoms in total. The summed E-state index contributed by atoms with van der Waals surface area (Å²) in [5, 5.41) is 0. The molecule has 0 aliphatic carbocycles. The van der Waals surface area contributed by atoms with Crippen molar-refractivity contribution in [2.45, 2.75) is 84.7 Å². The molecule has 0 saturated carbocycles. The molecule has 1 aliphatic heterocycles. The van der Waals surface area contributed by atoms with Gasteiger partial charge in [0.15, 0.2) is 0 Å². The summed E-state index contributed by atoms with van der Waals surface area (Å²) >= 11 is 0. The van der Waals surface area contributed by atoms with Gasteiger partial charge in [0, 0.05) is 0 Å². The van der Waals surface area contributed by atoms with E-state index in [9.17, 15) is 0 Å². The Kier molecular flexibility index (Phi) is 5.09. The molecule has 0 aromatic carbocycles. The van der Waals surface area contributed by atoms with Gasteiger partial charge in [-0.25, -0.2) is 0 Å². The monoisotopic (exact) mass is 240 g/mol. The highest BCUT2D eigenvalue weighted by atomic mass is 16.7. The Morgan fingerprint density at radius 3 is 2.00 bits per heavy atom. The molecule has 1 rings (SSSR count). The van der Waals surface area contributed by atoms with Crippen molar-refractivity contribution >= 4 is 7.12 Å². The molecular formula is C14H29BO2. The Labute approximate surface area is 108 Å². The Balaban J connectivity index is 2.34. The predicted molar refractivity (Wildman–Crippen MR) is 74.2 cm³/mol. The third-order valence-corrected chi connectivity index (χ3v) is 4.20. The van der Waals surface area contributed by atoms with Crippen molar-refractivity contribution < 1.29 is 9.31 Å². The van der Waals surface area contributed by atoms with E-state index < -0.39 is 0 Å². The van der Waals surface area contributed by atoms with E-state index >= 15 is 0 Å². The maximum absolute atomic E-state index is 6.02. The molecule has 0 radical (unpaired) electrons. The second kappa shape index (κ2) is 5.75. The minimum atomic E-state index is -0.180. The fourth-order valence-corrected chi connectivity index (χ4v) is 2.25. The van der Waals surface area contributed by atoms with Crippen LogP contribution in [0.15, 0.2) is 0 Å². The van der Waals surface area contributed by atoms with Crippen LogP contribution >= 0.6 is 0 Å². The van der Waals surface area contributed by atoms with E-state index in [1.807, 2.05) is 0 Å². The lowest BCUT2D eigenvalue weighted by Crippen LogP contribution is -2.41. The molecule has 100 valence electrons. The van der Waals surface area contributed by atoms with Crippen LogP contribution in [-0.2, 0) is 9.31 Å². The molecule has 1 atom stereocenters. The van der Waals surface area contributed by atoms with Crippen molar-refractivity contribution in [2.75, 3.05) is 0 Å². The Morgan fingerprint density at radius 1 is 1.00 bits per heavy atom. The molecule has 1 fully saturated rings. The second-order valence-corrected chi connectivity index (χ2v) is 6.52. The van der Waals surface area contributed by atoms with Crippen LogP contribution in [0.3, 0.4) is 0 Å². The van der Waals surface area contributed by atoms with E-state index in [2.05, 4.69) is 41.5 Å². The summed E-state index contributed by atoms with van der Waals surface area (Å²) in [7, 11) is -0.0170. The summed E-state index contributed by atoms with van der Waals surface area (Å²) in [6, 6.07) is 0. The minimum absolute atomic E-state index is 0.0170. The Morgan fingerprint density at radius 2 is 1.53 bits per heavy atom. The first-order valence-corrected chi connectivity index (χ1v) is 7.14. The number of rotatable bonds is 6. The fourth-order valence-electron chi connectivity index (χ4n) is 2.25. The van der Waals surface area contributed by atoms with Gasteiger partial charge in [-0.15, -0.1) is 0 Å². The average Bonchev–Trinajstić information content (AvgIpc) is 2.35. The quantitative estimate of drug-likeness (QED) is 0.509. The number of unbranched alkanes of at least 4 members (excludes halogenated alkanes) is 2. The zero-order valence-corrected chi connectivity index (χ0v) is 12.5. The van der Waals surface area contributed by atoms with Gasteiger partial charge in [-0.1, -0.05) is 39.5 Å². The molecule has 0 spiro atoms. The Hall–Kier alpha value is -0.0151. The maximum atomic E-state index is 6.02. The molecular weight excluding hydrogens is 211 g/mol. The van der Waals surface area contributed by atoms with E-state index in [4.69, 9.17) is 9.31 Å². The molecule has 1 heterocycles. The normalized spacial score (nSPS) is 24.0. The maximum Gasteiger partial charge on any atom is 0.458 e. The molecule has 0 aromatic rings. The molecule has 17 heavy (non-hydrogen) atoms. The smallest absolute Gasteiger partial charge is 0.403 e. The van der Waals surface area contributed by atoms with Gasteiger partial charge in [-0.05, 0) is 39.9 Å². The summed E-state index contributed by atoms with van der Waals surface area (Å²) in [5.41, 5.74) is -0.360. The topological polar surface area (TPSA) is 18.5 Å². The summed E-state index contributed by atoms with van der Waals surface area (Å²) in [6.07, 6.45) is 6.28. The lowest BCUT2D eigenvalue weighted by atomic mass is 9.76. The number of hydrogen-bond acceptors (Lipinski definition) is 2. The molecule has 0 aromatic heterocycles. The summed E-state index contributed by atoms with van der Waals surface area (Å²) < 4.78 is 12.0. The minimum Gasteiger partial charge on any atom is -0.403 e. The average molecular weight is 240 g/mol. The second-order valence-electron chi connectivity index (χ2n) is 6.52. The fraction of sp³-hybridized carbons (Fsp3) is 1.00. The molecule has 1 unspecified atom stereocenters. The first-order valence-electron chi connectivity index (χ1n) is 7.14. The molecule has 1 saturated heterocycles. The van der Waals surface area contributed by atoms with Crippen LogP contribution in [-0.4, -0.2) is 18.3 Å². The largest absolute Gasteiger partial charge is 0.458 e. The van der Waals surface area contributed by atoms with Crippen LogP contribution in [0.2, 0.25) is 6.32 Å². The van der Waals surface area contributed by atoms with Crippen molar-refractivity contribution in [3.63, 3.8) is 0 Å². The van der Waals surface area contributed by atoms with Crippen LogP contribution in [0, 0.1) is 5.92 Å². The van der Waals surface area contributed by atoms with Gasteiger partial charge in [-0.2, -0.15) is 0 Å². The van der Waals surface area contributed by atoms with E-state index in [0.717, 1.165) is 6.32 Å². The van der Waals surface area contributed by atoms with Crippen LogP contribution in [0.25, 0.3) is 0 Å².